The van der Waals surface area contributed by atoms with E-state index >= 15 is 0 Å². The number of thiophene rings is 1. The number of aromatic carboxylic acids is 1. The van der Waals surface area contributed by atoms with Gasteiger partial charge in [0.15, 0.2) is 5.58 Å². The maximum absolute atomic E-state index is 11.0. The summed E-state index contributed by atoms with van der Waals surface area (Å²) in [6, 6.07) is 14.8. The minimum Gasteiger partial charge on any atom is -0.478 e. The molecule has 4 rings (SSSR count). The summed E-state index contributed by atoms with van der Waals surface area (Å²) in [5, 5.41) is 10.2. The van der Waals surface area contributed by atoms with Gasteiger partial charge in [-0.25, -0.2) is 9.78 Å². The average molecular weight is 295 g/mol. The van der Waals surface area contributed by atoms with E-state index in [2.05, 4.69) is 11.1 Å². The van der Waals surface area contributed by atoms with E-state index in [1.165, 1.54) is 16.8 Å². The second-order valence-electron chi connectivity index (χ2n) is 4.66. The van der Waals surface area contributed by atoms with Gasteiger partial charge in [-0.15, -0.1) is 11.3 Å². The van der Waals surface area contributed by atoms with Crippen molar-refractivity contribution in [1.82, 2.24) is 4.98 Å². The minimum absolute atomic E-state index is 0.207. The van der Waals surface area contributed by atoms with Gasteiger partial charge in [-0.1, -0.05) is 18.2 Å². The normalized spacial score (nSPS) is 11.2. The number of fused-ring (bicyclic) bond motifs is 2. The van der Waals surface area contributed by atoms with E-state index in [0.29, 0.717) is 17.0 Å². The van der Waals surface area contributed by atoms with Crippen LogP contribution >= 0.6 is 11.3 Å². The molecule has 0 fully saturated rings. The molecule has 0 aliphatic rings. The van der Waals surface area contributed by atoms with Gasteiger partial charge in [0.25, 0.3) is 0 Å². The van der Waals surface area contributed by atoms with Gasteiger partial charge in [-0.05, 0) is 35.7 Å². The Bertz CT molecular complexity index is 950. The number of carboxylic acid groups (broad SMARTS) is 1. The minimum atomic E-state index is -0.969. The third kappa shape index (κ3) is 1.98. The van der Waals surface area contributed by atoms with Crippen molar-refractivity contribution >= 4 is 38.5 Å². The molecule has 2 aromatic heterocycles. The Kier molecular flexibility index (Phi) is 2.55. The number of oxazole rings is 1. The Morgan fingerprint density at radius 1 is 1.14 bits per heavy atom. The van der Waals surface area contributed by atoms with E-state index < -0.39 is 5.97 Å². The fraction of sp³-hybridized carbons (Fsp3) is 0. The highest BCUT2D eigenvalue weighted by atomic mass is 32.1. The molecule has 102 valence electrons. The molecule has 0 aliphatic carbocycles. The molecular formula is C16H9NO3S. The number of hydrogen-bond donors (Lipinski definition) is 1. The van der Waals surface area contributed by atoms with Crippen LogP contribution in [-0.2, 0) is 0 Å². The first-order chi connectivity index (χ1) is 10.2. The second-order valence-corrected chi connectivity index (χ2v) is 5.74. The lowest BCUT2D eigenvalue weighted by atomic mass is 10.2. The van der Waals surface area contributed by atoms with Crippen molar-refractivity contribution in [2.75, 3.05) is 0 Å². The molecule has 0 unspecified atom stereocenters. The lowest BCUT2D eigenvalue weighted by Gasteiger charge is -1.91. The highest BCUT2D eigenvalue weighted by Crippen LogP contribution is 2.34. The van der Waals surface area contributed by atoms with Gasteiger partial charge in [-0.3, -0.25) is 0 Å². The van der Waals surface area contributed by atoms with Gasteiger partial charge in [0.05, 0.1) is 10.4 Å². The SMILES string of the molecule is O=C(O)c1ccc2oc(-c3cc4ccccc4s3)nc2c1. The monoisotopic (exact) mass is 295 g/mol. The van der Waals surface area contributed by atoms with Gasteiger partial charge in [0, 0.05) is 4.70 Å². The highest BCUT2D eigenvalue weighted by Gasteiger charge is 2.13. The van der Waals surface area contributed by atoms with Crippen LogP contribution in [0.15, 0.2) is 52.9 Å². The second kappa shape index (κ2) is 4.43. The Hall–Kier alpha value is -2.66. The molecule has 0 radical (unpaired) electrons. The predicted octanol–water partition coefficient (Wildman–Crippen LogP) is 4.41. The first-order valence-corrected chi connectivity index (χ1v) is 7.15. The van der Waals surface area contributed by atoms with Gasteiger partial charge >= 0.3 is 5.97 Å². The Labute approximate surface area is 123 Å². The van der Waals surface area contributed by atoms with E-state index in [1.54, 1.807) is 17.4 Å². The number of aromatic nitrogens is 1. The molecule has 0 saturated carbocycles. The Morgan fingerprint density at radius 3 is 2.81 bits per heavy atom. The molecule has 0 amide bonds. The standard InChI is InChI=1S/C16H9NO3S/c18-16(19)10-5-6-12-11(7-10)17-15(20-12)14-8-9-3-1-2-4-13(9)21-14/h1-8H,(H,18,19). The van der Waals surface area contributed by atoms with E-state index in [4.69, 9.17) is 9.52 Å². The molecule has 0 saturated heterocycles. The molecule has 4 aromatic rings. The summed E-state index contributed by atoms with van der Waals surface area (Å²) < 4.78 is 6.89. The van der Waals surface area contributed by atoms with Crippen LogP contribution in [0.2, 0.25) is 0 Å². The molecular weight excluding hydrogens is 286 g/mol. The summed E-state index contributed by atoms with van der Waals surface area (Å²) >= 11 is 1.60. The lowest BCUT2D eigenvalue weighted by Crippen LogP contribution is -1.94. The largest absolute Gasteiger partial charge is 0.478 e. The van der Waals surface area contributed by atoms with Crippen LogP contribution in [0.4, 0.5) is 0 Å². The molecule has 5 heteroatoms. The fourth-order valence-electron chi connectivity index (χ4n) is 2.25. The summed E-state index contributed by atoms with van der Waals surface area (Å²) in [7, 11) is 0. The molecule has 0 spiro atoms. The first kappa shape index (κ1) is 12.1. The van der Waals surface area contributed by atoms with Crippen molar-refractivity contribution in [3.8, 4) is 10.8 Å². The van der Waals surface area contributed by atoms with E-state index in [-0.39, 0.29) is 5.56 Å². The van der Waals surface area contributed by atoms with Crippen LogP contribution in [-0.4, -0.2) is 16.1 Å². The lowest BCUT2D eigenvalue weighted by molar-refractivity contribution is 0.0697. The van der Waals surface area contributed by atoms with Crippen molar-refractivity contribution in [3.63, 3.8) is 0 Å². The van der Waals surface area contributed by atoms with Gasteiger partial charge in [-0.2, -0.15) is 0 Å². The van der Waals surface area contributed by atoms with Crippen molar-refractivity contribution in [2.45, 2.75) is 0 Å². The third-order valence-electron chi connectivity index (χ3n) is 3.27. The van der Waals surface area contributed by atoms with Crippen molar-refractivity contribution < 1.29 is 14.3 Å². The van der Waals surface area contributed by atoms with Gasteiger partial charge in [0.2, 0.25) is 5.89 Å². The van der Waals surface area contributed by atoms with Crippen LogP contribution in [0, 0.1) is 0 Å². The molecule has 0 bridgehead atoms. The maximum atomic E-state index is 11.0. The van der Waals surface area contributed by atoms with Crippen LogP contribution in [0.1, 0.15) is 10.4 Å². The van der Waals surface area contributed by atoms with Crippen LogP contribution in [0.25, 0.3) is 32.0 Å². The number of nitrogens with zero attached hydrogens (tertiary/aromatic N) is 1. The molecule has 2 heterocycles. The zero-order valence-corrected chi connectivity index (χ0v) is 11.6. The van der Waals surface area contributed by atoms with E-state index in [0.717, 1.165) is 10.3 Å². The topological polar surface area (TPSA) is 63.3 Å². The van der Waals surface area contributed by atoms with Crippen molar-refractivity contribution in [1.29, 1.82) is 0 Å². The summed E-state index contributed by atoms with van der Waals surface area (Å²) in [4.78, 5) is 16.3. The van der Waals surface area contributed by atoms with Crippen LogP contribution in [0.5, 0.6) is 0 Å². The molecule has 4 nitrogen and oxygen atoms in total. The molecule has 0 atom stereocenters. The number of rotatable bonds is 2. The number of carbonyl (C=O) groups is 1. The van der Waals surface area contributed by atoms with Crippen LogP contribution in [0.3, 0.4) is 0 Å². The van der Waals surface area contributed by atoms with Crippen molar-refractivity contribution in [2.24, 2.45) is 0 Å². The smallest absolute Gasteiger partial charge is 0.335 e. The zero-order chi connectivity index (χ0) is 14.4. The van der Waals surface area contributed by atoms with E-state index in [9.17, 15) is 4.79 Å². The Balaban J connectivity index is 1.87. The summed E-state index contributed by atoms with van der Waals surface area (Å²) in [5.41, 5.74) is 1.36. The third-order valence-corrected chi connectivity index (χ3v) is 4.37. The zero-order valence-electron chi connectivity index (χ0n) is 10.7. The molecule has 1 N–H and O–H groups in total. The number of hydrogen-bond acceptors (Lipinski definition) is 4. The fourth-order valence-corrected chi connectivity index (χ4v) is 3.24. The average Bonchev–Trinajstić information content (AvgIpc) is 3.09. The first-order valence-electron chi connectivity index (χ1n) is 6.33. The van der Waals surface area contributed by atoms with Crippen molar-refractivity contribution in [3.05, 3.63) is 54.1 Å². The summed E-state index contributed by atoms with van der Waals surface area (Å²) in [6.07, 6.45) is 0. The van der Waals surface area contributed by atoms with E-state index in [1.807, 2.05) is 24.3 Å². The van der Waals surface area contributed by atoms with Gasteiger partial charge in [0.1, 0.15) is 5.52 Å². The van der Waals surface area contributed by atoms with Gasteiger partial charge < -0.3 is 9.52 Å². The summed E-state index contributed by atoms with van der Waals surface area (Å²) in [5.74, 6) is -0.447. The predicted molar refractivity (Wildman–Crippen MR) is 81.8 cm³/mol. The number of benzene rings is 2. The number of carboxylic acids is 1. The molecule has 0 aliphatic heterocycles. The highest BCUT2D eigenvalue weighted by molar-refractivity contribution is 7.22. The Morgan fingerprint density at radius 2 is 2.00 bits per heavy atom. The quantitative estimate of drug-likeness (QED) is 0.595. The molecule has 21 heavy (non-hydrogen) atoms. The van der Waals surface area contributed by atoms with Crippen LogP contribution < -0.4 is 0 Å². The summed E-state index contributed by atoms with van der Waals surface area (Å²) in [6.45, 7) is 0. The maximum Gasteiger partial charge on any atom is 0.335 e. The molecule has 2 aromatic carbocycles.